The summed E-state index contributed by atoms with van der Waals surface area (Å²) < 4.78 is 11.0. The summed E-state index contributed by atoms with van der Waals surface area (Å²) in [7, 11) is 0. The number of aromatic nitrogens is 2. The van der Waals surface area contributed by atoms with Crippen LogP contribution in [0.1, 0.15) is 60.0 Å². The van der Waals surface area contributed by atoms with Gasteiger partial charge in [0, 0.05) is 43.5 Å². The van der Waals surface area contributed by atoms with E-state index in [0.717, 1.165) is 55.0 Å². The molecule has 2 aliphatic rings. The molecule has 2 aromatic carbocycles. The molecule has 0 saturated carbocycles. The average molecular weight is 579 g/mol. The van der Waals surface area contributed by atoms with E-state index in [0.29, 0.717) is 41.1 Å². The van der Waals surface area contributed by atoms with Crippen molar-refractivity contribution in [3.05, 3.63) is 76.2 Å². The number of nitrogens with one attached hydrogen (secondary N) is 1. The van der Waals surface area contributed by atoms with E-state index in [-0.39, 0.29) is 18.4 Å². The third-order valence-corrected chi connectivity index (χ3v) is 8.02. The predicted octanol–water partition coefficient (Wildman–Crippen LogP) is 4.36. The first-order valence-electron chi connectivity index (χ1n) is 14.0. The molecule has 0 spiro atoms. The monoisotopic (exact) mass is 578 g/mol. The van der Waals surface area contributed by atoms with Crippen LogP contribution >= 0.6 is 11.6 Å². The van der Waals surface area contributed by atoms with Gasteiger partial charge in [-0.3, -0.25) is 9.59 Å². The number of nitrogens with zero attached hydrogens (tertiary/aromatic N) is 3. The van der Waals surface area contributed by atoms with Gasteiger partial charge < -0.3 is 24.8 Å². The van der Waals surface area contributed by atoms with Crippen LogP contribution < -0.4 is 10.1 Å². The molecule has 0 unspecified atom stereocenters. The van der Waals surface area contributed by atoms with E-state index in [2.05, 4.69) is 10.3 Å². The molecule has 9 nitrogen and oxygen atoms in total. The highest BCUT2D eigenvalue weighted by Gasteiger charge is 2.35. The molecule has 2 amide bonds. The third kappa shape index (κ3) is 6.53. The van der Waals surface area contributed by atoms with Gasteiger partial charge in [-0.05, 0) is 61.9 Å². The van der Waals surface area contributed by atoms with Crippen LogP contribution in [0.25, 0.3) is 11.3 Å². The van der Waals surface area contributed by atoms with Crippen molar-refractivity contribution in [3.63, 3.8) is 0 Å². The van der Waals surface area contributed by atoms with Crippen molar-refractivity contribution >= 4 is 23.4 Å². The van der Waals surface area contributed by atoms with Gasteiger partial charge in [0.05, 0.1) is 30.0 Å². The maximum atomic E-state index is 13.5. The fourth-order valence-corrected chi connectivity index (χ4v) is 5.55. The van der Waals surface area contributed by atoms with Crippen molar-refractivity contribution < 1.29 is 24.2 Å². The second-order valence-electron chi connectivity index (χ2n) is 10.5. The number of halogens is 1. The molecule has 216 valence electrons. The molecule has 0 aliphatic carbocycles. The zero-order chi connectivity index (χ0) is 28.9. The quantitative estimate of drug-likeness (QED) is 0.367. The molecule has 2 atom stereocenters. The highest BCUT2D eigenvalue weighted by atomic mass is 35.5. The van der Waals surface area contributed by atoms with Gasteiger partial charge in [0.1, 0.15) is 17.6 Å². The Kier molecular flexibility index (Phi) is 9.17. The average Bonchev–Trinajstić information content (AvgIpc) is 3.32. The van der Waals surface area contributed by atoms with Crippen molar-refractivity contribution in [3.8, 4) is 17.0 Å². The van der Waals surface area contributed by atoms with Crippen LogP contribution in [0.4, 0.5) is 0 Å². The van der Waals surface area contributed by atoms with Crippen molar-refractivity contribution in [1.82, 2.24) is 20.2 Å². The fraction of sp³-hybridized carbons (Fsp3) is 0.419. The molecule has 1 aromatic heterocycles. The summed E-state index contributed by atoms with van der Waals surface area (Å²) >= 11 is 6.50. The molecule has 1 saturated heterocycles. The van der Waals surface area contributed by atoms with Gasteiger partial charge in [0.25, 0.3) is 5.91 Å². The number of carbonyl (C=O) groups excluding carboxylic acids is 2. The van der Waals surface area contributed by atoms with E-state index >= 15 is 0 Å². The third-order valence-electron chi connectivity index (χ3n) is 7.74. The molecule has 41 heavy (non-hydrogen) atoms. The zero-order valence-corrected chi connectivity index (χ0v) is 24.1. The van der Waals surface area contributed by atoms with Crippen LogP contribution in [0.3, 0.4) is 0 Å². The molecule has 0 radical (unpaired) electrons. The second-order valence-corrected chi connectivity index (χ2v) is 10.9. The molecule has 5 rings (SSSR count). The minimum Gasteiger partial charge on any atom is -0.494 e. The van der Waals surface area contributed by atoms with Crippen molar-refractivity contribution in [2.24, 2.45) is 5.92 Å². The standard InChI is InChI=1S/C31H35ClN4O5/c1-3-41-24-6-4-5-21(14-24)27(18-37)34-30(38)19(2)36-17-23-8-7-22(15-25(23)31(36)39)29-26(32)16-33-28(35-29)13-20-9-11-40-12-10-20/h4-8,14-16,19-20,27,37H,3,9-13,17-18H2,1-2H3,(H,34,38)/t19-,27-/m1/s1. The van der Waals surface area contributed by atoms with E-state index in [1.54, 1.807) is 25.3 Å². The number of hydrogen-bond acceptors (Lipinski definition) is 7. The van der Waals surface area contributed by atoms with Gasteiger partial charge in [0.15, 0.2) is 0 Å². The van der Waals surface area contributed by atoms with Gasteiger partial charge in [-0.25, -0.2) is 9.97 Å². The van der Waals surface area contributed by atoms with Crippen LogP contribution in [-0.2, 0) is 22.5 Å². The lowest BCUT2D eigenvalue weighted by Crippen LogP contribution is -2.46. The minimum atomic E-state index is -0.754. The van der Waals surface area contributed by atoms with Gasteiger partial charge in [0.2, 0.25) is 5.91 Å². The zero-order valence-electron chi connectivity index (χ0n) is 23.3. The van der Waals surface area contributed by atoms with Crippen LogP contribution in [0.2, 0.25) is 5.02 Å². The summed E-state index contributed by atoms with van der Waals surface area (Å²) in [6.07, 6.45) is 4.33. The molecule has 1 fully saturated rings. The number of ether oxygens (including phenoxy) is 2. The first-order chi connectivity index (χ1) is 19.9. The minimum absolute atomic E-state index is 0.240. The first kappa shape index (κ1) is 29.0. The summed E-state index contributed by atoms with van der Waals surface area (Å²) in [5.74, 6) is 1.26. The van der Waals surface area contributed by atoms with E-state index in [9.17, 15) is 14.7 Å². The molecule has 3 heterocycles. The number of aliphatic hydroxyl groups excluding tert-OH is 1. The normalized spacial score (nSPS) is 16.8. The van der Waals surface area contributed by atoms with Gasteiger partial charge in [-0.2, -0.15) is 0 Å². The summed E-state index contributed by atoms with van der Waals surface area (Å²) in [6, 6.07) is 11.4. The fourth-order valence-electron chi connectivity index (χ4n) is 5.35. The van der Waals surface area contributed by atoms with E-state index in [1.165, 1.54) is 4.90 Å². The number of hydrogen-bond donors (Lipinski definition) is 2. The Balaban J connectivity index is 1.29. The van der Waals surface area contributed by atoms with Crippen molar-refractivity contribution in [2.75, 3.05) is 26.4 Å². The second kappa shape index (κ2) is 13.0. The highest BCUT2D eigenvalue weighted by Crippen LogP contribution is 2.32. The first-order valence-corrected chi connectivity index (χ1v) is 14.4. The summed E-state index contributed by atoms with van der Waals surface area (Å²) in [6.45, 7) is 5.62. The Hall–Kier alpha value is -3.53. The molecular formula is C31H35ClN4O5. The molecule has 0 bridgehead atoms. The summed E-state index contributed by atoms with van der Waals surface area (Å²) in [5.41, 5.74) is 3.38. The van der Waals surface area contributed by atoms with Crippen LogP contribution in [-0.4, -0.2) is 64.3 Å². The lowest BCUT2D eigenvalue weighted by atomic mass is 9.96. The number of carbonyl (C=O) groups is 2. The highest BCUT2D eigenvalue weighted by molar-refractivity contribution is 6.32. The Morgan fingerprint density at radius 3 is 2.80 bits per heavy atom. The van der Waals surface area contributed by atoms with Crippen LogP contribution in [0.5, 0.6) is 5.75 Å². The number of benzene rings is 2. The smallest absolute Gasteiger partial charge is 0.255 e. The Morgan fingerprint density at radius 2 is 2.05 bits per heavy atom. The Morgan fingerprint density at radius 1 is 1.24 bits per heavy atom. The lowest BCUT2D eigenvalue weighted by Gasteiger charge is -2.26. The summed E-state index contributed by atoms with van der Waals surface area (Å²) in [4.78, 5) is 37.4. The van der Waals surface area contributed by atoms with Gasteiger partial charge in [-0.15, -0.1) is 0 Å². The molecule has 2 N–H and O–H groups in total. The number of rotatable bonds is 10. The SMILES string of the molecule is CCOc1cccc([C@@H](CO)NC(=O)[C@@H](C)N2Cc3ccc(-c4nc(CC5CCOCC5)ncc4Cl)cc3C2=O)c1. The Labute approximate surface area is 244 Å². The number of amides is 2. The van der Waals surface area contributed by atoms with Crippen molar-refractivity contribution in [1.29, 1.82) is 0 Å². The van der Waals surface area contributed by atoms with Crippen LogP contribution in [0, 0.1) is 5.92 Å². The largest absolute Gasteiger partial charge is 0.494 e. The molecule has 10 heteroatoms. The predicted molar refractivity (Wildman–Crippen MR) is 155 cm³/mol. The topological polar surface area (TPSA) is 114 Å². The molecule has 3 aromatic rings. The van der Waals surface area contributed by atoms with E-state index in [4.69, 9.17) is 26.1 Å². The van der Waals surface area contributed by atoms with E-state index in [1.807, 2.05) is 37.3 Å². The van der Waals surface area contributed by atoms with Crippen molar-refractivity contribution in [2.45, 2.75) is 51.7 Å². The maximum absolute atomic E-state index is 13.5. The van der Waals surface area contributed by atoms with Crippen LogP contribution in [0.15, 0.2) is 48.7 Å². The Bertz CT molecular complexity index is 1410. The molecular weight excluding hydrogens is 544 g/mol. The number of fused-ring (bicyclic) bond motifs is 1. The van der Waals surface area contributed by atoms with Gasteiger partial charge >= 0.3 is 0 Å². The molecule has 2 aliphatic heterocycles. The summed E-state index contributed by atoms with van der Waals surface area (Å²) in [5, 5.41) is 13.3. The number of aliphatic hydroxyl groups is 1. The van der Waals surface area contributed by atoms with Gasteiger partial charge in [-0.1, -0.05) is 35.9 Å². The van der Waals surface area contributed by atoms with E-state index < -0.39 is 12.1 Å². The lowest BCUT2D eigenvalue weighted by molar-refractivity contribution is -0.126. The maximum Gasteiger partial charge on any atom is 0.255 e.